The van der Waals surface area contributed by atoms with Crippen molar-refractivity contribution >= 4 is 22.8 Å². The maximum Gasteiger partial charge on any atom is 0.387 e. The van der Waals surface area contributed by atoms with E-state index in [0.29, 0.717) is 16.8 Å². The maximum absolute atomic E-state index is 12.2. The summed E-state index contributed by atoms with van der Waals surface area (Å²) in [7, 11) is 0. The number of alkyl halides is 2. The summed E-state index contributed by atoms with van der Waals surface area (Å²) in [6.45, 7) is 1.21. The predicted molar refractivity (Wildman–Crippen MR) is 86.0 cm³/mol. The van der Waals surface area contributed by atoms with Crippen LogP contribution in [0.3, 0.4) is 0 Å². The summed E-state index contributed by atoms with van der Waals surface area (Å²) in [6.07, 6.45) is 1.84. The molecule has 0 unspecified atom stereocenters. The van der Waals surface area contributed by atoms with Crippen LogP contribution in [-0.2, 0) is 5.75 Å². The molecule has 0 fully saturated rings. The predicted octanol–water partition coefficient (Wildman–Crippen LogP) is 4.47. The van der Waals surface area contributed by atoms with Crippen molar-refractivity contribution in [3.05, 3.63) is 47.3 Å². The van der Waals surface area contributed by atoms with Gasteiger partial charge < -0.3 is 9.72 Å². The number of fused-ring (bicyclic) bond motifs is 1. The van der Waals surface area contributed by atoms with Gasteiger partial charge in [-0.15, -0.1) is 0 Å². The second kappa shape index (κ2) is 6.54. The van der Waals surface area contributed by atoms with Gasteiger partial charge >= 0.3 is 6.61 Å². The standard InChI is InChI=1S/C16H15F2N3OS/c1-9-5-10(2)14(19-7-9)8-23-16-20-12-4-3-11(22-15(17)18)6-13(12)21-16/h3-7,15H,8H2,1-2H3,(H,20,21). The highest BCUT2D eigenvalue weighted by atomic mass is 32.2. The molecular weight excluding hydrogens is 320 g/mol. The first-order valence-corrected chi connectivity index (χ1v) is 7.99. The zero-order chi connectivity index (χ0) is 16.4. The van der Waals surface area contributed by atoms with E-state index in [1.165, 1.54) is 23.9 Å². The molecule has 0 bridgehead atoms. The van der Waals surface area contributed by atoms with Gasteiger partial charge in [0.25, 0.3) is 0 Å². The van der Waals surface area contributed by atoms with Crippen molar-refractivity contribution in [2.45, 2.75) is 31.4 Å². The molecular formula is C16H15F2N3OS. The number of ether oxygens (including phenoxy) is 1. The third-order valence-electron chi connectivity index (χ3n) is 3.33. The molecule has 0 aliphatic rings. The van der Waals surface area contributed by atoms with Gasteiger partial charge in [0.1, 0.15) is 5.75 Å². The van der Waals surface area contributed by atoms with Crippen LogP contribution in [0.15, 0.2) is 35.6 Å². The lowest BCUT2D eigenvalue weighted by Crippen LogP contribution is -2.01. The van der Waals surface area contributed by atoms with Gasteiger partial charge in [-0.05, 0) is 37.1 Å². The Hall–Kier alpha value is -2.15. The van der Waals surface area contributed by atoms with Crippen LogP contribution in [0, 0.1) is 13.8 Å². The second-order valence-corrected chi connectivity index (χ2v) is 6.13. The normalized spacial score (nSPS) is 11.3. The smallest absolute Gasteiger partial charge is 0.387 e. The maximum atomic E-state index is 12.2. The van der Waals surface area contributed by atoms with Crippen molar-refractivity contribution < 1.29 is 13.5 Å². The Morgan fingerprint density at radius 3 is 2.83 bits per heavy atom. The molecule has 0 spiro atoms. The van der Waals surface area contributed by atoms with Gasteiger partial charge in [-0.2, -0.15) is 8.78 Å². The Morgan fingerprint density at radius 2 is 2.09 bits per heavy atom. The number of pyridine rings is 1. The van der Waals surface area contributed by atoms with Crippen LogP contribution in [-0.4, -0.2) is 21.6 Å². The number of aromatic amines is 1. The highest BCUT2D eigenvalue weighted by molar-refractivity contribution is 7.98. The number of hydrogen-bond acceptors (Lipinski definition) is 4. The molecule has 0 aliphatic carbocycles. The Labute approximate surface area is 136 Å². The van der Waals surface area contributed by atoms with Gasteiger partial charge in [0, 0.05) is 18.0 Å². The van der Waals surface area contributed by atoms with Crippen molar-refractivity contribution in [1.82, 2.24) is 15.0 Å². The van der Waals surface area contributed by atoms with Crippen molar-refractivity contribution in [3.8, 4) is 5.75 Å². The summed E-state index contributed by atoms with van der Waals surface area (Å²) in [4.78, 5) is 12.0. The molecule has 3 aromatic rings. The fraction of sp³-hybridized carbons (Fsp3) is 0.250. The number of benzene rings is 1. The van der Waals surface area contributed by atoms with E-state index >= 15 is 0 Å². The molecule has 0 saturated heterocycles. The number of nitrogens with one attached hydrogen (secondary N) is 1. The molecule has 120 valence electrons. The number of halogens is 2. The molecule has 0 aliphatic heterocycles. The molecule has 1 N–H and O–H groups in total. The van der Waals surface area contributed by atoms with Gasteiger partial charge in [-0.3, -0.25) is 4.98 Å². The Kier molecular flexibility index (Phi) is 4.47. The summed E-state index contributed by atoms with van der Waals surface area (Å²) in [5, 5.41) is 0.718. The third kappa shape index (κ3) is 3.79. The number of imidazole rings is 1. The monoisotopic (exact) mass is 335 g/mol. The van der Waals surface area contributed by atoms with Crippen molar-refractivity contribution in [2.75, 3.05) is 0 Å². The van der Waals surface area contributed by atoms with Gasteiger partial charge in [0.05, 0.1) is 16.7 Å². The fourth-order valence-electron chi connectivity index (χ4n) is 2.24. The van der Waals surface area contributed by atoms with E-state index in [0.717, 1.165) is 22.0 Å². The van der Waals surface area contributed by atoms with E-state index < -0.39 is 6.61 Å². The Balaban J connectivity index is 1.75. The highest BCUT2D eigenvalue weighted by Gasteiger charge is 2.09. The average Bonchev–Trinajstić information content (AvgIpc) is 2.87. The fourth-order valence-corrected chi connectivity index (χ4v) is 3.16. The molecule has 0 atom stereocenters. The van der Waals surface area contributed by atoms with E-state index in [9.17, 15) is 8.78 Å². The van der Waals surface area contributed by atoms with E-state index in [-0.39, 0.29) is 5.75 Å². The van der Waals surface area contributed by atoms with Gasteiger partial charge in [0.2, 0.25) is 0 Å². The molecule has 0 saturated carbocycles. The van der Waals surface area contributed by atoms with Gasteiger partial charge in [-0.1, -0.05) is 17.8 Å². The number of rotatable bonds is 5. The van der Waals surface area contributed by atoms with Gasteiger partial charge in [-0.25, -0.2) is 4.98 Å². The highest BCUT2D eigenvalue weighted by Crippen LogP contribution is 2.26. The molecule has 1 aromatic carbocycles. The molecule has 7 heteroatoms. The van der Waals surface area contributed by atoms with E-state index in [2.05, 4.69) is 25.8 Å². The average molecular weight is 335 g/mol. The number of thioether (sulfide) groups is 1. The molecule has 4 nitrogen and oxygen atoms in total. The third-order valence-corrected chi connectivity index (χ3v) is 4.21. The Morgan fingerprint density at radius 1 is 1.26 bits per heavy atom. The van der Waals surface area contributed by atoms with Crippen LogP contribution in [0.25, 0.3) is 11.0 Å². The number of H-pyrrole nitrogens is 1. The number of aromatic nitrogens is 3. The molecule has 2 heterocycles. The number of nitrogens with zero attached hydrogens (tertiary/aromatic N) is 2. The number of hydrogen-bond donors (Lipinski definition) is 1. The summed E-state index contributed by atoms with van der Waals surface area (Å²) in [5.74, 6) is 0.801. The molecule has 2 aromatic heterocycles. The minimum Gasteiger partial charge on any atom is -0.435 e. The SMILES string of the molecule is Cc1cnc(CSc2nc3ccc(OC(F)F)cc3[nH]2)c(C)c1. The lowest BCUT2D eigenvalue weighted by Gasteiger charge is -2.04. The van der Waals surface area contributed by atoms with E-state index in [4.69, 9.17) is 0 Å². The zero-order valence-electron chi connectivity index (χ0n) is 12.6. The molecule has 0 radical (unpaired) electrons. The van der Waals surface area contributed by atoms with Crippen molar-refractivity contribution in [2.24, 2.45) is 0 Å². The lowest BCUT2D eigenvalue weighted by atomic mass is 10.2. The summed E-state index contributed by atoms with van der Waals surface area (Å²) in [6, 6.07) is 6.75. The molecule has 3 rings (SSSR count). The quantitative estimate of drug-likeness (QED) is 0.699. The van der Waals surface area contributed by atoms with Crippen LogP contribution >= 0.6 is 11.8 Å². The first-order chi connectivity index (χ1) is 11.0. The van der Waals surface area contributed by atoms with E-state index in [1.807, 2.05) is 20.0 Å². The molecule has 23 heavy (non-hydrogen) atoms. The van der Waals surface area contributed by atoms with Crippen LogP contribution < -0.4 is 4.74 Å². The summed E-state index contributed by atoms with van der Waals surface area (Å²) < 4.78 is 28.9. The lowest BCUT2D eigenvalue weighted by molar-refractivity contribution is -0.0497. The zero-order valence-corrected chi connectivity index (χ0v) is 13.5. The Bertz CT molecular complexity index is 835. The topological polar surface area (TPSA) is 50.8 Å². The van der Waals surface area contributed by atoms with Crippen molar-refractivity contribution in [1.29, 1.82) is 0 Å². The van der Waals surface area contributed by atoms with E-state index in [1.54, 1.807) is 6.07 Å². The molecule has 0 amide bonds. The van der Waals surface area contributed by atoms with Gasteiger partial charge in [0.15, 0.2) is 5.16 Å². The number of aryl methyl sites for hydroxylation is 2. The van der Waals surface area contributed by atoms with Crippen LogP contribution in [0.4, 0.5) is 8.78 Å². The minimum atomic E-state index is -2.83. The first kappa shape index (κ1) is 15.7. The van der Waals surface area contributed by atoms with Crippen LogP contribution in [0.5, 0.6) is 5.75 Å². The first-order valence-electron chi connectivity index (χ1n) is 7.01. The summed E-state index contributed by atoms with van der Waals surface area (Å²) in [5.41, 5.74) is 4.65. The van der Waals surface area contributed by atoms with Crippen LogP contribution in [0.1, 0.15) is 16.8 Å². The van der Waals surface area contributed by atoms with Crippen LogP contribution in [0.2, 0.25) is 0 Å². The second-order valence-electron chi connectivity index (χ2n) is 5.16. The summed E-state index contributed by atoms with van der Waals surface area (Å²) >= 11 is 1.52. The largest absolute Gasteiger partial charge is 0.435 e. The van der Waals surface area contributed by atoms with Crippen molar-refractivity contribution in [3.63, 3.8) is 0 Å². The minimum absolute atomic E-state index is 0.115.